The van der Waals surface area contributed by atoms with Crippen LogP contribution in [0.15, 0.2) is 30.9 Å². The molecule has 4 nitrogen and oxygen atoms in total. The molecule has 24 heavy (non-hydrogen) atoms. The molecule has 0 radical (unpaired) electrons. The lowest BCUT2D eigenvalue weighted by molar-refractivity contribution is -0.0473. The molecular formula is C18H23Cl2NO3. The Bertz CT molecular complexity index is 627. The number of carboxylic acid groups (broad SMARTS) is 1. The third kappa shape index (κ3) is 4.24. The second-order valence-electron chi connectivity index (χ2n) is 7.16. The van der Waals surface area contributed by atoms with E-state index < -0.39 is 6.09 Å². The van der Waals surface area contributed by atoms with E-state index in [0.717, 1.165) is 5.56 Å². The van der Waals surface area contributed by atoms with E-state index in [1.54, 1.807) is 18.2 Å². The van der Waals surface area contributed by atoms with Gasteiger partial charge in [0.25, 0.3) is 0 Å². The van der Waals surface area contributed by atoms with Crippen LogP contribution in [-0.2, 0) is 4.74 Å². The van der Waals surface area contributed by atoms with Gasteiger partial charge in [0, 0.05) is 12.5 Å². The van der Waals surface area contributed by atoms with Crippen molar-refractivity contribution in [2.24, 2.45) is 5.41 Å². The molecule has 1 aromatic carbocycles. The molecule has 6 heteroatoms. The highest BCUT2D eigenvalue weighted by Crippen LogP contribution is 2.35. The Hall–Kier alpha value is -1.23. The van der Waals surface area contributed by atoms with E-state index >= 15 is 0 Å². The van der Waals surface area contributed by atoms with Crippen LogP contribution < -0.4 is 0 Å². The predicted octanol–water partition coefficient (Wildman–Crippen LogP) is 5.06. The second-order valence-corrected chi connectivity index (χ2v) is 7.97. The molecule has 1 fully saturated rings. The Morgan fingerprint density at radius 3 is 2.50 bits per heavy atom. The monoisotopic (exact) mass is 371 g/mol. The largest absolute Gasteiger partial charge is 0.465 e. The zero-order valence-electron chi connectivity index (χ0n) is 14.1. The Morgan fingerprint density at radius 2 is 2.00 bits per heavy atom. The summed E-state index contributed by atoms with van der Waals surface area (Å²) in [5.74, 6) is -0.194. The van der Waals surface area contributed by atoms with E-state index in [4.69, 9.17) is 27.9 Å². The summed E-state index contributed by atoms with van der Waals surface area (Å²) in [6.45, 7) is 10.6. The predicted molar refractivity (Wildman–Crippen MR) is 97.1 cm³/mol. The Labute approximate surface area is 153 Å². The number of amides is 1. The number of ether oxygens (including phenoxy) is 1. The average Bonchev–Trinajstić information content (AvgIpc) is 2.69. The van der Waals surface area contributed by atoms with Crippen LogP contribution >= 0.6 is 23.2 Å². The van der Waals surface area contributed by atoms with Crippen molar-refractivity contribution in [2.75, 3.05) is 13.1 Å². The fourth-order valence-corrected chi connectivity index (χ4v) is 3.14. The van der Waals surface area contributed by atoms with Crippen molar-refractivity contribution in [3.63, 3.8) is 0 Å². The van der Waals surface area contributed by atoms with Gasteiger partial charge in [-0.25, -0.2) is 4.79 Å². The van der Waals surface area contributed by atoms with E-state index in [0.29, 0.717) is 23.1 Å². The number of carbonyl (C=O) groups is 1. The molecule has 1 unspecified atom stereocenters. The maximum absolute atomic E-state index is 11.7. The van der Waals surface area contributed by atoms with Gasteiger partial charge in [-0.3, -0.25) is 0 Å². The Morgan fingerprint density at radius 1 is 1.33 bits per heavy atom. The van der Waals surface area contributed by atoms with Crippen molar-refractivity contribution >= 4 is 29.3 Å². The number of hydrogen-bond acceptors (Lipinski definition) is 2. The van der Waals surface area contributed by atoms with E-state index in [-0.39, 0.29) is 23.5 Å². The topological polar surface area (TPSA) is 49.8 Å². The number of hydrogen-bond donors (Lipinski definition) is 1. The zero-order valence-corrected chi connectivity index (χ0v) is 15.6. The maximum atomic E-state index is 11.7. The third-order valence-corrected chi connectivity index (χ3v) is 5.10. The first-order chi connectivity index (χ1) is 11.1. The summed E-state index contributed by atoms with van der Waals surface area (Å²) in [7, 11) is 0. The summed E-state index contributed by atoms with van der Waals surface area (Å²) in [4.78, 5) is 13.1. The van der Waals surface area contributed by atoms with Gasteiger partial charge in [0.15, 0.2) is 0 Å². The number of halogens is 2. The number of benzene rings is 1. The maximum Gasteiger partial charge on any atom is 0.407 e. The standard InChI is InChI=1S/C18H23Cl2NO3/c1-5-15-12(11-6-7-13(19)14(20)8-11)9-21(17(22)23)10-16(24-15)18(2,3)4/h5-8,12,15-16H,1,9-10H2,2-4H3,(H,22,23)/t12-,15-,16?/m0/s1. The lowest BCUT2D eigenvalue weighted by atomic mass is 9.88. The lowest BCUT2D eigenvalue weighted by Gasteiger charge is -2.33. The molecule has 1 heterocycles. The van der Waals surface area contributed by atoms with Gasteiger partial charge in [-0.1, -0.05) is 56.1 Å². The first-order valence-corrected chi connectivity index (χ1v) is 8.60. The lowest BCUT2D eigenvalue weighted by Crippen LogP contribution is -2.42. The van der Waals surface area contributed by atoms with Crippen LogP contribution in [0, 0.1) is 5.41 Å². The number of nitrogens with zero attached hydrogens (tertiary/aromatic N) is 1. The summed E-state index contributed by atoms with van der Waals surface area (Å²) in [5, 5.41) is 10.5. The molecular weight excluding hydrogens is 349 g/mol. The Kier molecular flexibility index (Phi) is 5.84. The second kappa shape index (κ2) is 7.34. The molecule has 3 atom stereocenters. The van der Waals surface area contributed by atoms with Gasteiger partial charge in [0.05, 0.1) is 28.8 Å². The SMILES string of the molecule is C=C[C@@H]1OC(C(C)(C)C)CN(C(=O)O)C[C@H]1c1ccc(Cl)c(Cl)c1. The van der Waals surface area contributed by atoms with Crippen LogP contribution in [-0.4, -0.2) is 41.4 Å². The Balaban J connectivity index is 2.42. The fraction of sp³-hybridized carbons (Fsp3) is 0.500. The van der Waals surface area contributed by atoms with Crippen molar-refractivity contribution in [2.45, 2.75) is 38.9 Å². The van der Waals surface area contributed by atoms with Crippen LogP contribution in [0.3, 0.4) is 0 Å². The molecule has 2 rings (SSSR count). The molecule has 1 N–H and O–H groups in total. The van der Waals surface area contributed by atoms with Crippen LogP contribution in [0.2, 0.25) is 10.0 Å². The van der Waals surface area contributed by atoms with Crippen molar-refractivity contribution < 1.29 is 14.6 Å². The molecule has 1 aliphatic rings. The summed E-state index contributed by atoms with van der Waals surface area (Å²) in [6.07, 6.45) is 0.236. The highest BCUT2D eigenvalue weighted by atomic mass is 35.5. The van der Waals surface area contributed by atoms with Gasteiger partial charge in [-0.2, -0.15) is 0 Å². The van der Waals surface area contributed by atoms with Crippen LogP contribution in [0.5, 0.6) is 0 Å². The van der Waals surface area contributed by atoms with Crippen LogP contribution in [0.25, 0.3) is 0 Å². The number of rotatable bonds is 2. The van der Waals surface area contributed by atoms with Crippen molar-refractivity contribution in [3.8, 4) is 0 Å². The smallest absolute Gasteiger partial charge is 0.407 e. The molecule has 0 saturated carbocycles. The van der Waals surface area contributed by atoms with Crippen molar-refractivity contribution in [3.05, 3.63) is 46.5 Å². The van der Waals surface area contributed by atoms with Gasteiger partial charge in [-0.05, 0) is 23.1 Å². The highest BCUT2D eigenvalue weighted by molar-refractivity contribution is 6.42. The summed E-state index contributed by atoms with van der Waals surface area (Å²) >= 11 is 12.1. The van der Waals surface area contributed by atoms with Gasteiger partial charge < -0.3 is 14.7 Å². The zero-order chi connectivity index (χ0) is 18.1. The normalized spacial score (nSPS) is 25.2. The van der Waals surface area contributed by atoms with Gasteiger partial charge >= 0.3 is 6.09 Å². The first-order valence-electron chi connectivity index (χ1n) is 7.84. The van der Waals surface area contributed by atoms with E-state index in [2.05, 4.69) is 6.58 Å². The van der Waals surface area contributed by atoms with Gasteiger partial charge in [-0.15, -0.1) is 6.58 Å². The minimum absolute atomic E-state index is 0.193. The third-order valence-electron chi connectivity index (χ3n) is 4.36. The summed E-state index contributed by atoms with van der Waals surface area (Å²) < 4.78 is 6.24. The molecule has 0 bridgehead atoms. The summed E-state index contributed by atoms with van der Waals surface area (Å²) in [5.41, 5.74) is 0.691. The molecule has 0 spiro atoms. The van der Waals surface area contributed by atoms with Crippen molar-refractivity contribution in [1.82, 2.24) is 4.90 Å². The first kappa shape index (κ1) is 19.1. The molecule has 1 amide bonds. The fourth-order valence-electron chi connectivity index (χ4n) is 2.84. The van der Waals surface area contributed by atoms with E-state index in [1.165, 1.54) is 4.90 Å². The quantitative estimate of drug-likeness (QED) is 0.739. The van der Waals surface area contributed by atoms with Gasteiger partial charge in [0.2, 0.25) is 0 Å². The molecule has 0 aliphatic carbocycles. The molecule has 1 saturated heterocycles. The molecule has 0 aromatic heterocycles. The van der Waals surface area contributed by atoms with Crippen LogP contribution in [0.4, 0.5) is 4.79 Å². The average molecular weight is 372 g/mol. The molecule has 1 aromatic rings. The van der Waals surface area contributed by atoms with Gasteiger partial charge in [0.1, 0.15) is 0 Å². The molecule has 1 aliphatic heterocycles. The van der Waals surface area contributed by atoms with E-state index in [1.807, 2.05) is 26.8 Å². The molecule has 132 valence electrons. The van der Waals surface area contributed by atoms with Crippen molar-refractivity contribution in [1.29, 1.82) is 0 Å². The highest BCUT2D eigenvalue weighted by Gasteiger charge is 2.38. The summed E-state index contributed by atoms with van der Waals surface area (Å²) in [6, 6.07) is 5.35. The van der Waals surface area contributed by atoms with Crippen LogP contribution in [0.1, 0.15) is 32.3 Å². The minimum atomic E-state index is -0.956. The van der Waals surface area contributed by atoms with E-state index in [9.17, 15) is 9.90 Å². The minimum Gasteiger partial charge on any atom is -0.465 e.